The Morgan fingerprint density at radius 1 is 1.48 bits per heavy atom. The van der Waals surface area contributed by atoms with Crippen molar-refractivity contribution in [2.24, 2.45) is 5.73 Å². The maximum absolute atomic E-state index is 11.7. The zero-order valence-electron chi connectivity index (χ0n) is 12.4. The molecule has 1 amide bonds. The van der Waals surface area contributed by atoms with E-state index in [0.717, 1.165) is 42.9 Å². The van der Waals surface area contributed by atoms with Crippen LogP contribution in [0.2, 0.25) is 5.02 Å². The number of nitrogens with one attached hydrogen (secondary N) is 1. The van der Waals surface area contributed by atoms with Gasteiger partial charge in [0.15, 0.2) is 0 Å². The molecule has 2 aliphatic heterocycles. The van der Waals surface area contributed by atoms with Crippen molar-refractivity contribution in [3.8, 4) is 0 Å². The molecule has 0 spiro atoms. The van der Waals surface area contributed by atoms with Gasteiger partial charge >= 0.3 is 0 Å². The number of hydrogen-bond donors (Lipinski definition) is 2. The minimum atomic E-state index is -0.609. The molecule has 1 aromatic rings. The van der Waals surface area contributed by atoms with Crippen molar-refractivity contribution in [3.63, 3.8) is 0 Å². The van der Waals surface area contributed by atoms with Gasteiger partial charge in [-0.05, 0) is 39.1 Å². The Balaban J connectivity index is 1.93. The monoisotopic (exact) mass is 308 g/mol. The molecular weight excluding hydrogens is 288 g/mol. The summed E-state index contributed by atoms with van der Waals surface area (Å²) in [6.45, 7) is 2.00. The van der Waals surface area contributed by atoms with Crippen LogP contribution in [0.15, 0.2) is 12.1 Å². The third-order valence-corrected chi connectivity index (χ3v) is 4.56. The van der Waals surface area contributed by atoms with Gasteiger partial charge in [-0.15, -0.1) is 0 Å². The summed E-state index contributed by atoms with van der Waals surface area (Å²) in [7, 11) is 4.17. The molecule has 2 atom stereocenters. The highest BCUT2D eigenvalue weighted by molar-refractivity contribution is 6.33. The van der Waals surface area contributed by atoms with E-state index in [-0.39, 0.29) is 5.91 Å². The zero-order chi connectivity index (χ0) is 15.1. The smallest absolute Gasteiger partial charge is 0.245 e. The van der Waals surface area contributed by atoms with Gasteiger partial charge in [0.25, 0.3) is 0 Å². The van der Waals surface area contributed by atoms with Crippen molar-refractivity contribution >= 4 is 28.9 Å². The van der Waals surface area contributed by atoms with Gasteiger partial charge in [-0.3, -0.25) is 4.79 Å². The second-order valence-electron chi connectivity index (χ2n) is 6.11. The number of carbonyl (C=O) groups excluding carboxylic acids is 1. The Kier molecular flexibility index (Phi) is 3.82. The number of likely N-dealkylation sites (N-methyl/N-ethyl adjacent to an activating group) is 1. The number of amides is 1. The summed E-state index contributed by atoms with van der Waals surface area (Å²) in [4.78, 5) is 16.2. The molecule has 0 saturated carbocycles. The molecule has 5 nitrogen and oxygen atoms in total. The van der Waals surface area contributed by atoms with Crippen LogP contribution in [-0.2, 0) is 4.79 Å². The lowest BCUT2D eigenvalue weighted by Crippen LogP contribution is -2.37. The summed E-state index contributed by atoms with van der Waals surface area (Å²) < 4.78 is 0. The van der Waals surface area contributed by atoms with Gasteiger partial charge in [0.2, 0.25) is 5.91 Å². The molecule has 114 valence electrons. The average Bonchev–Trinajstić information content (AvgIpc) is 2.96. The van der Waals surface area contributed by atoms with Crippen LogP contribution < -0.4 is 16.0 Å². The molecule has 3 N–H and O–H groups in total. The second kappa shape index (κ2) is 5.48. The quantitative estimate of drug-likeness (QED) is 0.894. The third-order valence-electron chi connectivity index (χ3n) is 4.26. The lowest BCUT2D eigenvalue weighted by Gasteiger charge is -2.30. The summed E-state index contributed by atoms with van der Waals surface area (Å²) >= 11 is 6.45. The van der Waals surface area contributed by atoms with E-state index in [4.69, 9.17) is 17.3 Å². The van der Waals surface area contributed by atoms with Crippen molar-refractivity contribution in [1.82, 2.24) is 4.90 Å². The molecule has 0 aromatic heterocycles. The number of anilines is 2. The minimum Gasteiger partial charge on any atom is -0.366 e. The van der Waals surface area contributed by atoms with Crippen molar-refractivity contribution in [2.45, 2.75) is 24.9 Å². The predicted octanol–water partition coefficient (Wildman–Crippen LogP) is 1.82. The summed E-state index contributed by atoms with van der Waals surface area (Å²) in [6, 6.07) is 3.65. The molecule has 3 rings (SSSR count). The van der Waals surface area contributed by atoms with Gasteiger partial charge in [-0.2, -0.15) is 0 Å². The molecule has 0 radical (unpaired) electrons. The van der Waals surface area contributed by atoms with Gasteiger partial charge in [-0.25, -0.2) is 0 Å². The Bertz CT molecular complexity index is 575. The fraction of sp³-hybridized carbons (Fsp3) is 0.533. The van der Waals surface area contributed by atoms with Crippen LogP contribution in [0.5, 0.6) is 0 Å². The van der Waals surface area contributed by atoms with Crippen LogP contribution in [0.25, 0.3) is 0 Å². The van der Waals surface area contributed by atoms with E-state index in [1.807, 2.05) is 12.1 Å². The Hall–Kier alpha value is -1.30. The third kappa shape index (κ3) is 2.61. The summed E-state index contributed by atoms with van der Waals surface area (Å²) in [5, 5.41) is 3.51. The Labute approximate surface area is 130 Å². The molecule has 2 unspecified atom stereocenters. The zero-order valence-corrected chi connectivity index (χ0v) is 13.2. The van der Waals surface area contributed by atoms with E-state index < -0.39 is 6.04 Å². The fourth-order valence-electron chi connectivity index (χ4n) is 3.28. The first kappa shape index (κ1) is 14.6. The van der Waals surface area contributed by atoms with E-state index in [0.29, 0.717) is 11.1 Å². The van der Waals surface area contributed by atoms with Crippen LogP contribution in [-0.4, -0.2) is 44.0 Å². The number of nitrogens with zero attached hydrogens (tertiary/aromatic N) is 2. The highest BCUT2D eigenvalue weighted by atomic mass is 35.5. The van der Waals surface area contributed by atoms with E-state index in [1.165, 1.54) is 0 Å². The number of rotatable bonds is 3. The largest absolute Gasteiger partial charge is 0.366 e. The topological polar surface area (TPSA) is 61.6 Å². The first-order valence-electron chi connectivity index (χ1n) is 7.28. The lowest BCUT2D eigenvalue weighted by molar-refractivity contribution is -0.116. The molecule has 0 bridgehead atoms. The van der Waals surface area contributed by atoms with E-state index >= 15 is 0 Å². The highest BCUT2D eigenvalue weighted by Crippen LogP contribution is 2.40. The average molecular weight is 309 g/mol. The highest BCUT2D eigenvalue weighted by Gasteiger charge is 2.32. The molecule has 6 heteroatoms. The maximum Gasteiger partial charge on any atom is 0.245 e. The molecule has 0 aliphatic carbocycles. The number of nitrogens with two attached hydrogens (primary N) is 1. The van der Waals surface area contributed by atoms with Gasteiger partial charge in [0, 0.05) is 30.4 Å². The van der Waals surface area contributed by atoms with Crippen LogP contribution in [0.3, 0.4) is 0 Å². The van der Waals surface area contributed by atoms with Crippen LogP contribution >= 0.6 is 11.6 Å². The number of halogens is 1. The van der Waals surface area contributed by atoms with Crippen LogP contribution in [0.4, 0.5) is 11.4 Å². The molecule has 21 heavy (non-hydrogen) atoms. The normalized spacial score (nSPS) is 24.6. The molecule has 1 fully saturated rings. The van der Waals surface area contributed by atoms with Crippen LogP contribution in [0.1, 0.15) is 24.4 Å². The number of fused-ring (bicyclic) bond motifs is 1. The number of carbonyl (C=O) groups is 1. The van der Waals surface area contributed by atoms with Gasteiger partial charge in [0.1, 0.15) is 6.04 Å². The van der Waals surface area contributed by atoms with Crippen molar-refractivity contribution in [2.75, 3.05) is 37.4 Å². The second-order valence-corrected chi connectivity index (χ2v) is 6.52. The summed E-state index contributed by atoms with van der Waals surface area (Å²) in [5.74, 6) is -0.163. The van der Waals surface area contributed by atoms with Gasteiger partial charge < -0.3 is 20.9 Å². The van der Waals surface area contributed by atoms with Crippen molar-refractivity contribution in [1.29, 1.82) is 0 Å². The Morgan fingerprint density at radius 3 is 2.95 bits per heavy atom. The first-order chi connectivity index (χ1) is 9.97. The summed E-state index contributed by atoms with van der Waals surface area (Å²) in [6.07, 6.45) is 2.33. The molecule has 1 saturated heterocycles. The molecule has 2 heterocycles. The molecular formula is C15H21ClN4O. The van der Waals surface area contributed by atoms with E-state index in [9.17, 15) is 4.79 Å². The first-order valence-corrected chi connectivity index (χ1v) is 7.66. The standard InChI is InChI=1S/C15H21ClN4O/c1-19(2)8-9-4-3-5-20(9)13-7-12-10(6-11(13)16)14(17)15(21)18-12/h6-7,9,14H,3-5,8,17H2,1-2H3,(H,18,21). The van der Waals surface area contributed by atoms with E-state index in [1.54, 1.807) is 0 Å². The van der Waals surface area contributed by atoms with Gasteiger partial charge in [-0.1, -0.05) is 11.6 Å². The minimum absolute atomic E-state index is 0.163. The predicted molar refractivity (Wildman–Crippen MR) is 85.9 cm³/mol. The molecule has 1 aromatic carbocycles. The van der Waals surface area contributed by atoms with Crippen molar-refractivity contribution in [3.05, 3.63) is 22.7 Å². The van der Waals surface area contributed by atoms with Crippen molar-refractivity contribution < 1.29 is 4.79 Å². The summed E-state index contributed by atoms with van der Waals surface area (Å²) in [5.41, 5.74) is 8.44. The van der Waals surface area contributed by atoms with E-state index in [2.05, 4.69) is 29.2 Å². The fourth-order valence-corrected chi connectivity index (χ4v) is 3.56. The number of benzene rings is 1. The maximum atomic E-state index is 11.7. The number of hydrogen-bond acceptors (Lipinski definition) is 4. The van der Waals surface area contributed by atoms with Crippen LogP contribution in [0, 0.1) is 0 Å². The Morgan fingerprint density at radius 2 is 2.24 bits per heavy atom. The van der Waals surface area contributed by atoms with Gasteiger partial charge in [0.05, 0.1) is 10.7 Å². The molecule has 2 aliphatic rings. The lowest BCUT2D eigenvalue weighted by atomic mass is 10.1. The SMILES string of the molecule is CN(C)CC1CCCN1c1cc2c(cc1Cl)C(N)C(=O)N2.